The van der Waals surface area contributed by atoms with Crippen LogP contribution in [0.15, 0.2) is 36.7 Å². The number of hydrogen-bond donors (Lipinski definition) is 3. The summed E-state index contributed by atoms with van der Waals surface area (Å²) < 4.78 is 2.02. The van der Waals surface area contributed by atoms with E-state index in [0.717, 1.165) is 59.3 Å². The van der Waals surface area contributed by atoms with E-state index in [4.69, 9.17) is 27.4 Å². The molecule has 0 amide bonds. The zero-order valence-electron chi connectivity index (χ0n) is 16.3. The minimum atomic E-state index is -0.378. The van der Waals surface area contributed by atoms with E-state index in [1.54, 1.807) is 6.20 Å². The van der Waals surface area contributed by atoms with Crippen LogP contribution in [-0.4, -0.2) is 36.8 Å². The van der Waals surface area contributed by atoms with Crippen molar-refractivity contribution < 1.29 is 9.90 Å². The van der Waals surface area contributed by atoms with E-state index in [9.17, 15) is 4.79 Å². The van der Waals surface area contributed by atoms with Crippen molar-refractivity contribution in [2.75, 3.05) is 12.3 Å². The van der Waals surface area contributed by atoms with Crippen LogP contribution in [0, 0.1) is 5.92 Å². The molecule has 154 valence electrons. The van der Waals surface area contributed by atoms with E-state index in [1.807, 2.05) is 34.9 Å². The minimum absolute atomic E-state index is 0.0560. The van der Waals surface area contributed by atoms with Crippen molar-refractivity contribution in [3.05, 3.63) is 47.5 Å². The third kappa shape index (κ3) is 3.05. The number of carbonyl (C=O) groups is 1. The number of aromatic nitrogens is 4. The van der Waals surface area contributed by atoms with E-state index in [2.05, 4.69) is 9.97 Å². The number of H-pyrrole nitrogens is 1. The SMILES string of the molecule is Nc1nccn2c(C3CCC(C(=O)CO)CC3)nc(-c3cc4cccc(Cl)c4[nH]3)c12. The highest BCUT2D eigenvalue weighted by Gasteiger charge is 2.30. The van der Waals surface area contributed by atoms with Gasteiger partial charge < -0.3 is 15.8 Å². The Balaban J connectivity index is 1.59. The number of fused-ring (bicyclic) bond motifs is 2. The van der Waals surface area contributed by atoms with Gasteiger partial charge in [0.05, 0.1) is 16.2 Å². The molecule has 1 aliphatic carbocycles. The van der Waals surface area contributed by atoms with Gasteiger partial charge in [0, 0.05) is 29.6 Å². The van der Waals surface area contributed by atoms with Gasteiger partial charge in [-0.1, -0.05) is 23.7 Å². The number of aliphatic hydroxyl groups is 1. The lowest BCUT2D eigenvalue weighted by Crippen LogP contribution is -2.24. The van der Waals surface area contributed by atoms with Gasteiger partial charge >= 0.3 is 0 Å². The molecule has 4 N–H and O–H groups in total. The third-order valence-corrected chi connectivity index (χ3v) is 6.49. The van der Waals surface area contributed by atoms with E-state index >= 15 is 0 Å². The molecular weight excluding hydrogens is 402 g/mol. The van der Waals surface area contributed by atoms with Gasteiger partial charge in [-0.2, -0.15) is 0 Å². The van der Waals surface area contributed by atoms with Crippen LogP contribution < -0.4 is 5.73 Å². The first-order chi connectivity index (χ1) is 14.6. The van der Waals surface area contributed by atoms with Crippen molar-refractivity contribution in [3.63, 3.8) is 0 Å². The summed E-state index contributed by atoms with van der Waals surface area (Å²) in [7, 11) is 0. The van der Waals surface area contributed by atoms with Crippen LogP contribution in [0.4, 0.5) is 5.82 Å². The van der Waals surface area contributed by atoms with E-state index in [-0.39, 0.29) is 24.2 Å². The first kappa shape index (κ1) is 19.1. The zero-order valence-corrected chi connectivity index (χ0v) is 17.1. The molecule has 1 fully saturated rings. The molecule has 1 aliphatic rings. The zero-order chi connectivity index (χ0) is 20.8. The largest absolute Gasteiger partial charge is 0.389 e. The summed E-state index contributed by atoms with van der Waals surface area (Å²) >= 11 is 6.35. The number of aromatic amines is 1. The van der Waals surface area contributed by atoms with Gasteiger partial charge in [-0.15, -0.1) is 0 Å². The number of rotatable bonds is 4. The molecule has 0 spiro atoms. The number of ketones is 1. The Hall–Kier alpha value is -2.90. The number of nitrogens with two attached hydrogens (primary N) is 1. The van der Waals surface area contributed by atoms with Crippen molar-refractivity contribution in [2.45, 2.75) is 31.6 Å². The quantitative estimate of drug-likeness (QED) is 0.460. The second-order valence-corrected chi connectivity index (χ2v) is 8.32. The van der Waals surface area contributed by atoms with Crippen LogP contribution in [0.1, 0.15) is 37.4 Å². The lowest BCUT2D eigenvalue weighted by molar-refractivity contribution is -0.126. The topological polar surface area (TPSA) is 109 Å². The Morgan fingerprint density at radius 3 is 2.83 bits per heavy atom. The van der Waals surface area contributed by atoms with Crippen molar-refractivity contribution in [3.8, 4) is 11.4 Å². The predicted octanol–water partition coefficient (Wildman–Crippen LogP) is 3.95. The highest BCUT2D eigenvalue weighted by Crippen LogP contribution is 2.39. The van der Waals surface area contributed by atoms with Crippen LogP contribution in [0.25, 0.3) is 27.8 Å². The summed E-state index contributed by atoms with van der Waals surface area (Å²) in [6, 6.07) is 7.79. The maximum absolute atomic E-state index is 11.9. The lowest BCUT2D eigenvalue weighted by atomic mass is 9.80. The lowest BCUT2D eigenvalue weighted by Gasteiger charge is -2.26. The number of nitrogens with zero attached hydrogens (tertiary/aromatic N) is 3. The highest BCUT2D eigenvalue weighted by atomic mass is 35.5. The second-order valence-electron chi connectivity index (χ2n) is 7.91. The summed E-state index contributed by atoms with van der Waals surface area (Å²) in [5, 5.41) is 10.8. The van der Waals surface area contributed by atoms with Gasteiger partial charge in [0.2, 0.25) is 0 Å². The molecule has 3 aromatic heterocycles. The third-order valence-electron chi connectivity index (χ3n) is 6.17. The Labute approximate surface area is 177 Å². The van der Waals surface area contributed by atoms with E-state index in [1.165, 1.54) is 0 Å². The Morgan fingerprint density at radius 2 is 2.10 bits per heavy atom. The molecule has 30 heavy (non-hydrogen) atoms. The minimum Gasteiger partial charge on any atom is -0.389 e. The maximum atomic E-state index is 11.9. The van der Waals surface area contributed by atoms with Gasteiger partial charge in [-0.25, -0.2) is 9.97 Å². The fourth-order valence-corrected chi connectivity index (χ4v) is 4.84. The molecule has 1 aromatic carbocycles. The Morgan fingerprint density at radius 1 is 1.30 bits per heavy atom. The number of benzene rings is 1. The second kappa shape index (κ2) is 7.41. The standard InChI is InChI=1S/C22H22ClN5O2/c23-15-3-1-2-14-10-16(26-18(14)15)19-20-21(24)25-8-9-28(20)22(27-19)13-6-4-12(5-7-13)17(30)11-29/h1-3,8-10,12-13,26,29H,4-7,11H2,(H2,24,25). The molecule has 0 atom stereocenters. The maximum Gasteiger partial charge on any atom is 0.161 e. The highest BCUT2D eigenvalue weighted by molar-refractivity contribution is 6.35. The molecule has 0 saturated heterocycles. The van der Waals surface area contributed by atoms with E-state index < -0.39 is 0 Å². The average molecular weight is 424 g/mol. The van der Waals surface area contributed by atoms with Crippen molar-refractivity contribution in [1.29, 1.82) is 0 Å². The molecule has 0 bridgehead atoms. The van der Waals surface area contributed by atoms with Gasteiger partial charge in [-0.3, -0.25) is 9.20 Å². The number of Topliss-reactive ketones (excluding diaryl/α,β-unsaturated/α-hetero) is 1. The first-order valence-electron chi connectivity index (χ1n) is 10.1. The number of carbonyl (C=O) groups excluding carboxylic acids is 1. The van der Waals surface area contributed by atoms with E-state index in [0.29, 0.717) is 10.8 Å². The molecule has 5 rings (SSSR count). The normalized spacial score (nSPS) is 19.5. The summed E-state index contributed by atoms with van der Waals surface area (Å²) in [5.41, 5.74) is 9.47. The molecular formula is C22H22ClN5O2. The van der Waals surface area contributed by atoms with Gasteiger partial charge in [0.1, 0.15) is 29.5 Å². The molecule has 8 heteroatoms. The molecule has 1 saturated carbocycles. The number of aliphatic hydroxyl groups excluding tert-OH is 1. The average Bonchev–Trinajstić information content (AvgIpc) is 3.37. The van der Waals surface area contributed by atoms with Crippen LogP contribution >= 0.6 is 11.6 Å². The first-order valence-corrected chi connectivity index (χ1v) is 10.5. The molecule has 0 aliphatic heterocycles. The van der Waals surface area contributed by atoms with Crippen LogP contribution in [0.3, 0.4) is 0 Å². The monoisotopic (exact) mass is 423 g/mol. The van der Waals surface area contributed by atoms with Crippen molar-refractivity contribution in [1.82, 2.24) is 19.4 Å². The van der Waals surface area contributed by atoms with Crippen molar-refractivity contribution in [2.24, 2.45) is 5.92 Å². The van der Waals surface area contributed by atoms with Gasteiger partial charge in [0.25, 0.3) is 0 Å². The molecule has 3 heterocycles. The number of halogens is 1. The van der Waals surface area contributed by atoms with Crippen LogP contribution in [0.5, 0.6) is 0 Å². The number of hydrogen-bond acceptors (Lipinski definition) is 5. The smallest absolute Gasteiger partial charge is 0.161 e. The predicted molar refractivity (Wildman–Crippen MR) is 116 cm³/mol. The van der Waals surface area contributed by atoms with Crippen LogP contribution in [-0.2, 0) is 4.79 Å². The number of nitrogens with one attached hydrogen (secondary N) is 1. The molecule has 0 unspecified atom stereocenters. The summed E-state index contributed by atoms with van der Waals surface area (Å²) in [6.07, 6.45) is 6.78. The fourth-order valence-electron chi connectivity index (χ4n) is 4.61. The number of nitrogen functional groups attached to an aromatic ring is 1. The van der Waals surface area contributed by atoms with Crippen molar-refractivity contribution >= 4 is 39.6 Å². The Bertz CT molecular complexity index is 1250. The summed E-state index contributed by atoms with van der Waals surface area (Å²) in [4.78, 5) is 24.5. The summed E-state index contributed by atoms with van der Waals surface area (Å²) in [6.45, 7) is -0.378. The summed E-state index contributed by atoms with van der Waals surface area (Å²) in [5.74, 6) is 1.43. The number of para-hydroxylation sites is 1. The molecule has 4 aromatic rings. The van der Waals surface area contributed by atoms with Gasteiger partial charge in [-0.05, 0) is 37.8 Å². The van der Waals surface area contributed by atoms with Gasteiger partial charge in [0.15, 0.2) is 5.78 Å². The molecule has 7 nitrogen and oxygen atoms in total. The Kier molecular flexibility index (Phi) is 4.72. The van der Waals surface area contributed by atoms with Crippen LogP contribution in [0.2, 0.25) is 5.02 Å². The number of imidazole rings is 1. The molecule has 0 radical (unpaired) electrons. The fraction of sp³-hybridized carbons (Fsp3) is 0.318. The number of anilines is 1.